The number of allylic oxidation sites excluding steroid dienone is 2. The van der Waals surface area contributed by atoms with Crippen molar-refractivity contribution in [2.24, 2.45) is 11.3 Å². The van der Waals surface area contributed by atoms with Crippen LogP contribution in [0.3, 0.4) is 0 Å². The Labute approximate surface area is 105 Å². The number of rotatable bonds is 4. The number of aliphatic hydroxyl groups excluding tert-OH is 1. The van der Waals surface area contributed by atoms with E-state index in [0.717, 1.165) is 38.7 Å². The third kappa shape index (κ3) is 2.43. The Morgan fingerprint density at radius 1 is 1.41 bits per heavy atom. The van der Waals surface area contributed by atoms with E-state index in [4.69, 9.17) is 4.74 Å². The third-order valence-corrected chi connectivity index (χ3v) is 4.94. The van der Waals surface area contributed by atoms with Gasteiger partial charge >= 0.3 is 0 Å². The first-order chi connectivity index (χ1) is 8.02. The van der Waals surface area contributed by atoms with E-state index in [0.29, 0.717) is 5.92 Å². The van der Waals surface area contributed by atoms with Crippen LogP contribution in [0.2, 0.25) is 0 Å². The van der Waals surface area contributed by atoms with Gasteiger partial charge in [-0.3, -0.25) is 0 Å². The van der Waals surface area contributed by atoms with Gasteiger partial charge in [0.1, 0.15) is 0 Å². The zero-order chi connectivity index (χ0) is 12.5. The molecule has 1 saturated carbocycles. The standard InChI is InChI=1S/C15H26O2/c1-12(2)5-4-6-15-8-7-14(10-16,11-17-15)13(3)9-15/h5,13,16H,4,6-11H2,1-3H3/t13-,14-,15-/m0/s1. The second-order valence-electron chi connectivity index (χ2n) is 6.42. The summed E-state index contributed by atoms with van der Waals surface area (Å²) in [6.07, 6.45) is 7.98. The topological polar surface area (TPSA) is 29.5 Å². The molecular formula is C15H26O2. The summed E-state index contributed by atoms with van der Waals surface area (Å²) in [7, 11) is 0. The molecule has 98 valence electrons. The average molecular weight is 238 g/mol. The fourth-order valence-corrected chi connectivity index (χ4v) is 3.45. The third-order valence-electron chi connectivity index (χ3n) is 4.94. The summed E-state index contributed by atoms with van der Waals surface area (Å²) in [5.41, 5.74) is 1.58. The molecule has 3 rings (SSSR count). The van der Waals surface area contributed by atoms with Crippen molar-refractivity contribution in [2.75, 3.05) is 13.2 Å². The molecule has 0 unspecified atom stereocenters. The van der Waals surface area contributed by atoms with Crippen molar-refractivity contribution < 1.29 is 9.84 Å². The summed E-state index contributed by atoms with van der Waals surface area (Å²) < 4.78 is 6.12. The van der Waals surface area contributed by atoms with Crippen molar-refractivity contribution in [1.82, 2.24) is 0 Å². The summed E-state index contributed by atoms with van der Waals surface area (Å²) in [4.78, 5) is 0. The summed E-state index contributed by atoms with van der Waals surface area (Å²) >= 11 is 0. The Bertz CT molecular complexity index is 294. The van der Waals surface area contributed by atoms with Gasteiger partial charge in [0.15, 0.2) is 0 Å². The normalized spacial score (nSPS) is 40.4. The number of ether oxygens (including phenoxy) is 1. The zero-order valence-corrected chi connectivity index (χ0v) is 11.5. The van der Waals surface area contributed by atoms with Gasteiger partial charge in [-0.15, -0.1) is 0 Å². The minimum absolute atomic E-state index is 0.0677. The van der Waals surface area contributed by atoms with Crippen molar-refractivity contribution in [3.63, 3.8) is 0 Å². The van der Waals surface area contributed by atoms with Gasteiger partial charge in [-0.2, -0.15) is 0 Å². The Morgan fingerprint density at radius 3 is 2.65 bits per heavy atom. The van der Waals surface area contributed by atoms with Crippen LogP contribution in [0.25, 0.3) is 0 Å². The molecule has 1 N–H and O–H groups in total. The molecule has 2 nitrogen and oxygen atoms in total. The van der Waals surface area contributed by atoms with Crippen LogP contribution < -0.4 is 0 Å². The zero-order valence-electron chi connectivity index (χ0n) is 11.5. The second-order valence-corrected chi connectivity index (χ2v) is 6.42. The van der Waals surface area contributed by atoms with E-state index in [1.54, 1.807) is 0 Å². The van der Waals surface area contributed by atoms with Crippen molar-refractivity contribution in [3.8, 4) is 0 Å². The summed E-state index contributed by atoms with van der Waals surface area (Å²) in [5, 5.41) is 9.58. The fraction of sp³-hybridized carbons (Fsp3) is 0.867. The van der Waals surface area contributed by atoms with E-state index in [9.17, 15) is 5.11 Å². The highest BCUT2D eigenvalue weighted by Gasteiger charge is 2.53. The predicted octanol–water partition coefficient (Wildman–Crippen LogP) is 3.30. The fourth-order valence-electron chi connectivity index (χ4n) is 3.45. The molecule has 0 spiro atoms. The van der Waals surface area contributed by atoms with Crippen molar-refractivity contribution in [2.45, 2.75) is 58.5 Å². The maximum atomic E-state index is 9.58. The molecule has 2 heteroatoms. The van der Waals surface area contributed by atoms with Gasteiger partial charge < -0.3 is 9.84 Å². The van der Waals surface area contributed by atoms with E-state index >= 15 is 0 Å². The van der Waals surface area contributed by atoms with Gasteiger partial charge in [0.25, 0.3) is 0 Å². The number of hydrogen-bond donors (Lipinski definition) is 1. The van der Waals surface area contributed by atoms with Crippen molar-refractivity contribution in [1.29, 1.82) is 0 Å². The molecule has 3 aliphatic rings. The van der Waals surface area contributed by atoms with Crippen LogP contribution in [0.1, 0.15) is 52.9 Å². The SMILES string of the molecule is CC(C)=CCC[C@@]12CC[C@](CO)(CO1)[C@@H](C)C2. The first-order valence-corrected chi connectivity index (χ1v) is 6.90. The summed E-state index contributed by atoms with van der Waals surface area (Å²) in [6, 6.07) is 0. The first kappa shape index (κ1) is 13.1. The minimum Gasteiger partial charge on any atom is -0.396 e. The van der Waals surface area contributed by atoms with Gasteiger partial charge in [0.2, 0.25) is 0 Å². The molecule has 0 amide bonds. The monoisotopic (exact) mass is 238 g/mol. The second kappa shape index (κ2) is 4.74. The molecule has 0 aromatic heterocycles. The highest BCUT2D eigenvalue weighted by Crippen LogP contribution is 2.53. The summed E-state index contributed by atoms with van der Waals surface area (Å²) in [5.74, 6) is 0.599. The van der Waals surface area contributed by atoms with Crippen molar-refractivity contribution in [3.05, 3.63) is 11.6 Å². The van der Waals surface area contributed by atoms with E-state index in [-0.39, 0.29) is 17.6 Å². The highest BCUT2D eigenvalue weighted by molar-refractivity contribution is 5.04. The van der Waals surface area contributed by atoms with Gasteiger partial charge in [-0.1, -0.05) is 18.6 Å². The van der Waals surface area contributed by atoms with E-state index in [1.165, 1.54) is 5.57 Å². The van der Waals surface area contributed by atoms with Crippen LogP contribution in [-0.2, 0) is 4.74 Å². The van der Waals surface area contributed by atoms with Crippen LogP contribution in [0.4, 0.5) is 0 Å². The van der Waals surface area contributed by atoms with Gasteiger partial charge in [0.05, 0.1) is 18.8 Å². The molecule has 2 bridgehead atoms. The minimum atomic E-state index is 0.0677. The molecule has 1 aliphatic carbocycles. The molecule has 3 atom stereocenters. The van der Waals surface area contributed by atoms with Crippen molar-refractivity contribution >= 4 is 0 Å². The maximum absolute atomic E-state index is 9.58. The van der Waals surface area contributed by atoms with Gasteiger partial charge in [-0.25, -0.2) is 0 Å². The first-order valence-electron chi connectivity index (χ1n) is 6.90. The largest absolute Gasteiger partial charge is 0.396 e. The molecule has 0 radical (unpaired) electrons. The molecule has 3 fully saturated rings. The Kier molecular flexibility index (Phi) is 3.65. The van der Waals surface area contributed by atoms with Gasteiger partial charge in [-0.05, 0) is 51.9 Å². The Morgan fingerprint density at radius 2 is 2.18 bits per heavy atom. The molecule has 17 heavy (non-hydrogen) atoms. The molecule has 0 aromatic carbocycles. The lowest BCUT2D eigenvalue weighted by molar-refractivity contribution is -0.220. The molecule has 0 aromatic rings. The molecule has 2 saturated heterocycles. The van der Waals surface area contributed by atoms with Crippen LogP contribution in [0.5, 0.6) is 0 Å². The lowest BCUT2D eigenvalue weighted by Gasteiger charge is -2.56. The summed E-state index contributed by atoms with van der Waals surface area (Å²) in [6.45, 7) is 7.64. The van der Waals surface area contributed by atoms with E-state index in [1.807, 2.05) is 0 Å². The van der Waals surface area contributed by atoms with Crippen LogP contribution in [0, 0.1) is 11.3 Å². The smallest absolute Gasteiger partial charge is 0.0688 e. The Balaban J connectivity index is 1.98. The van der Waals surface area contributed by atoms with E-state index < -0.39 is 0 Å². The molecular weight excluding hydrogens is 212 g/mol. The van der Waals surface area contributed by atoms with Crippen LogP contribution in [0.15, 0.2) is 11.6 Å². The number of hydrogen-bond acceptors (Lipinski definition) is 2. The molecule has 2 heterocycles. The quantitative estimate of drug-likeness (QED) is 0.761. The number of fused-ring (bicyclic) bond motifs is 3. The van der Waals surface area contributed by atoms with Gasteiger partial charge in [0, 0.05) is 5.41 Å². The van der Waals surface area contributed by atoms with Crippen LogP contribution >= 0.6 is 0 Å². The average Bonchev–Trinajstić information content (AvgIpc) is 2.30. The lowest BCUT2D eigenvalue weighted by atomic mass is 9.59. The molecule has 2 aliphatic heterocycles. The highest BCUT2D eigenvalue weighted by atomic mass is 16.5. The lowest BCUT2D eigenvalue weighted by Crippen LogP contribution is -2.56. The maximum Gasteiger partial charge on any atom is 0.0688 e. The van der Waals surface area contributed by atoms with E-state index in [2.05, 4.69) is 26.8 Å². The number of aliphatic hydroxyl groups is 1. The van der Waals surface area contributed by atoms with Crippen LogP contribution in [-0.4, -0.2) is 23.9 Å². The Hall–Kier alpha value is -0.340. The predicted molar refractivity (Wildman–Crippen MR) is 69.9 cm³/mol.